The van der Waals surface area contributed by atoms with Gasteiger partial charge in [0.25, 0.3) is 0 Å². The maximum absolute atomic E-state index is 3.09. The molecular formula is C12H10Se2. The Morgan fingerprint density at radius 1 is 0.714 bits per heavy atom. The standard InChI is InChI=1S/C12H10Se2/c1-7-9-3-6-12(14)8(2)10(9)4-5-11(7)13/h3-6H,1-2H3. The molecule has 0 spiro atoms. The van der Waals surface area contributed by atoms with Crippen LogP contribution in [-0.2, 0) is 0 Å². The van der Waals surface area contributed by atoms with Crippen LogP contribution in [0.2, 0.25) is 0 Å². The molecule has 70 valence electrons. The first kappa shape index (κ1) is 10.3. The van der Waals surface area contributed by atoms with Crippen molar-refractivity contribution in [3.63, 3.8) is 0 Å². The number of fused-ring (bicyclic) bond motifs is 1. The second-order valence-corrected chi connectivity index (χ2v) is 5.32. The summed E-state index contributed by atoms with van der Waals surface area (Å²) in [6.45, 7) is 4.32. The molecule has 0 bridgehead atoms. The third-order valence-electron chi connectivity index (χ3n) is 2.64. The Morgan fingerprint density at radius 2 is 1.07 bits per heavy atom. The van der Waals surface area contributed by atoms with Crippen LogP contribution in [0.4, 0.5) is 0 Å². The molecule has 0 fully saturated rings. The molecule has 0 aliphatic heterocycles. The molecule has 2 aromatic carbocycles. The summed E-state index contributed by atoms with van der Waals surface area (Å²) < 4.78 is 2.48. The van der Waals surface area contributed by atoms with Crippen molar-refractivity contribution in [1.82, 2.24) is 0 Å². The Balaban J connectivity index is 2.94. The molecule has 0 aliphatic rings. The predicted octanol–water partition coefficient (Wildman–Crippen LogP) is 1.04. The van der Waals surface area contributed by atoms with Gasteiger partial charge in [-0.25, -0.2) is 0 Å². The van der Waals surface area contributed by atoms with Gasteiger partial charge in [0.15, 0.2) is 0 Å². The van der Waals surface area contributed by atoms with E-state index in [4.69, 9.17) is 0 Å². The summed E-state index contributed by atoms with van der Waals surface area (Å²) in [5, 5.41) is 2.69. The fraction of sp³-hybridized carbons (Fsp3) is 0.167. The van der Waals surface area contributed by atoms with Crippen LogP contribution in [0.15, 0.2) is 24.3 Å². The molecule has 0 N–H and O–H groups in total. The molecule has 14 heavy (non-hydrogen) atoms. The van der Waals surface area contributed by atoms with Crippen LogP contribution in [0.5, 0.6) is 0 Å². The molecule has 2 rings (SSSR count). The van der Waals surface area contributed by atoms with Gasteiger partial charge in [0.2, 0.25) is 0 Å². The predicted molar refractivity (Wildman–Crippen MR) is 64.2 cm³/mol. The van der Waals surface area contributed by atoms with Gasteiger partial charge in [-0.3, -0.25) is 0 Å². The Hall–Kier alpha value is -0.261. The Kier molecular flexibility index (Phi) is 2.72. The Morgan fingerprint density at radius 3 is 1.43 bits per heavy atom. The van der Waals surface area contributed by atoms with Gasteiger partial charge < -0.3 is 0 Å². The second-order valence-electron chi connectivity index (χ2n) is 3.47. The molecule has 0 saturated heterocycles. The van der Waals surface area contributed by atoms with Gasteiger partial charge in [-0.1, -0.05) is 0 Å². The van der Waals surface area contributed by atoms with E-state index in [0.29, 0.717) is 0 Å². The summed E-state index contributed by atoms with van der Waals surface area (Å²) in [4.78, 5) is 0. The van der Waals surface area contributed by atoms with Gasteiger partial charge in [0.1, 0.15) is 0 Å². The van der Waals surface area contributed by atoms with Crippen LogP contribution in [0.1, 0.15) is 11.1 Å². The van der Waals surface area contributed by atoms with Crippen LogP contribution in [0.25, 0.3) is 10.8 Å². The molecule has 0 unspecified atom stereocenters. The minimum absolute atomic E-state index is 1.24. The van der Waals surface area contributed by atoms with Gasteiger partial charge in [-0.2, -0.15) is 0 Å². The second kappa shape index (κ2) is 3.71. The van der Waals surface area contributed by atoms with E-state index in [9.17, 15) is 0 Å². The van der Waals surface area contributed by atoms with Crippen LogP contribution < -0.4 is 8.92 Å². The SMILES string of the molecule is Cc1c([Se])ccc2c(C)c([Se])ccc12. The van der Waals surface area contributed by atoms with Crippen LogP contribution in [-0.4, -0.2) is 32.0 Å². The number of hydrogen-bond acceptors (Lipinski definition) is 0. The monoisotopic (exact) mass is 314 g/mol. The Labute approximate surface area is 101 Å². The summed E-state index contributed by atoms with van der Waals surface area (Å²) >= 11 is 6.18. The van der Waals surface area contributed by atoms with Crippen molar-refractivity contribution in [3.05, 3.63) is 35.4 Å². The van der Waals surface area contributed by atoms with Crippen molar-refractivity contribution in [3.8, 4) is 0 Å². The number of hydrogen-bond donors (Lipinski definition) is 0. The van der Waals surface area contributed by atoms with Crippen LogP contribution in [0.3, 0.4) is 0 Å². The molecule has 0 heterocycles. The van der Waals surface area contributed by atoms with Crippen molar-refractivity contribution in [2.45, 2.75) is 13.8 Å². The summed E-state index contributed by atoms with van der Waals surface area (Å²) in [6, 6.07) is 8.66. The fourth-order valence-electron chi connectivity index (χ4n) is 1.67. The van der Waals surface area contributed by atoms with E-state index >= 15 is 0 Å². The molecule has 0 aromatic heterocycles. The number of aryl methyl sites for hydroxylation is 2. The molecule has 0 nitrogen and oxygen atoms in total. The first-order valence-electron chi connectivity index (χ1n) is 4.48. The zero-order chi connectivity index (χ0) is 10.3. The average Bonchev–Trinajstić information content (AvgIpc) is 2.17. The van der Waals surface area contributed by atoms with Gasteiger partial charge in [-0.15, -0.1) is 0 Å². The first-order chi connectivity index (χ1) is 6.61. The van der Waals surface area contributed by atoms with Gasteiger partial charge in [-0.05, 0) is 0 Å². The Bertz CT molecular complexity index is 454. The minimum atomic E-state index is 1.24. The van der Waals surface area contributed by atoms with Gasteiger partial charge in [0.05, 0.1) is 0 Å². The molecule has 0 amide bonds. The van der Waals surface area contributed by atoms with Gasteiger partial charge in [0, 0.05) is 0 Å². The van der Waals surface area contributed by atoms with Crippen molar-refractivity contribution < 1.29 is 0 Å². The van der Waals surface area contributed by atoms with E-state index in [1.54, 1.807) is 0 Å². The summed E-state index contributed by atoms with van der Waals surface area (Å²) in [5.74, 6) is 0. The molecule has 0 atom stereocenters. The van der Waals surface area contributed by atoms with Crippen molar-refractivity contribution in [2.75, 3.05) is 0 Å². The van der Waals surface area contributed by atoms with E-state index in [-0.39, 0.29) is 0 Å². The van der Waals surface area contributed by atoms with Crippen LogP contribution >= 0.6 is 0 Å². The van der Waals surface area contributed by atoms with Gasteiger partial charge >= 0.3 is 101 Å². The maximum atomic E-state index is 3.09. The summed E-state index contributed by atoms with van der Waals surface area (Å²) in [7, 11) is 0. The van der Waals surface area contributed by atoms with Crippen LogP contribution in [0, 0.1) is 13.8 Å². The molecule has 2 radical (unpaired) electrons. The molecule has 2 aromatic rings. The topological polar surface area (TPSA) is 0 Å². The first-order valence-corrected chi connectivity index (χ1v) is 6.19. The average molecular weight is 312 g/mol. The van der Waals surface area contributed by atoms with E-state index in [1.807, 2.05) is 0 Å². The normalized spacial score (nSPS) is 10.7. The van der Waals surface area contributed by atoms with E-state index < -0.39 is 0 Å². The van der Waals surface area contributed by atoms with Crippen molar-refractivity contribution in [2.24, 2.45) is 0 Å². The molecule has 0 saturated carbocycles. The molecule has 2 heteroatoms. The number of rotatable bonds is 0. The fourth-order valence-corrected chi connectivity index (χ4v) is 2.41. The molecular weight excluding hydrogens is 302 g/mol. The third kappa shape index (κ3) is 1.53. The van der Waals surface area contributed by atoms with E-state index in [0.717, 1.165) is 0 Å². The van der Waals surface area contributed by atoms with Crippen molar-refractivity contribution >= 4 is 51.7 Å². The number of benzene rings is 2. The zero-order valence-corrected chi connectivity index (χ0v) is 11.6. The quantitative estimate of drug-likeness (QED) is 0.638. The van der Waals surface area contributed by atoms with E-state index in [2.05, 4.69) is 70.1 Å². The van der Waals surface area contributed by atoms with Crippen molar-refractivity contribution in [1.29, 1.82) is 0 Å². The summed E-state index contributed by atoms with van der Waals surface area (Å²) in [5.41, 5.74) is 2.68. The van der Waals surface area contributed by atoms with E-state index in [1.165, 1.54) is 30.8 Å². The zero-order valence-electron chi connectivity index (χ0n) is 8.13. The third-order valence-corrected chi connectivity index (χ3v) is 4.50. The molecule has 0 aliphatic carbocycles. The summed E-state index contributed by atoms with van der Waals surface area (Å²) in [6.07, 6.45) is 0.